The molecule has 3 rings (SSSR count). The Kier molecular flexibility index (Phi) is 4.06. The molecule has 0 saturated heterocycles. The van der Waals surface area contributed by atoms with Gasteiger partial charge in [0.15, 0.2) is 0 Å². The lowest BCUT2D eigenvalue weighted by Crippen LogP contribution is -2.32. The summed E-state index contributed by atoms with van der Waals surface area (Å²) in [5.41, 5.74) is 1.78. The van der Waals surface area contributed by atoms with Crippen molar-refractivity contribution >= 4 is 5.91 Å². The molecule has 1 aromatic heterocycles. The van der Waals surface area contributed by atoms with Crippen LogP contribution in [0.1, 0.15) is 34.5 Å². The molecule has 0 aliphatic heterocycles. The van der Waals surface area contributed by atoms with Crippen LogP contribution in [0.2, 0.25) is 0 Å². The molecule has 1 fully saturated rings. The Morgan fingerprint density at radius 1 is 1.29 bits per heavy atom. The first-order chi connectivity index (χ1) is 10.3. The summed E-state index contributed by atoms with van der Waals surface area (Å²) in [6, 6.07) is 11.7. The van der Waals surface area contributed by atoms with Crippen molar-refractivity contribution < 1.29 is 13.9 Å². The Morgan fingerprint density at radius 2 is 2.05 bits per heavy atom. The predicted octanol–water partition coefficient (Wildman–Crippen LogP) is 3.23. The SMILES string of the molecule is COCc1ccc(C(=O)N(Cc2ccco2)C2CC2)cc1. The van der Waals surface area contributed by atoms with Crippen LogP contribution in [0.25, 0.3) is 0 Å². The smallest absolute Gasteiger partial charge is 0.254 e. The van der Waals surface area contributed by atoms with Crippen LogP contribution in [0, 0.1) is 0 Å². The molecule has 110 valence electrons. The zero-order valence-electron chi connectivity index (χ0n) is 12.1. The van der Waals surface area contributed by atoms with Crippen molar-refractivity contribution in [3.05, 3.63) is 59.5 Å². The van der Waals surface area contributed by atoms with E-state index in [1.807, 2.05) is 41.3 Å². The van der Waals surface area contributed by atoms with Crippen LogP contribution < -0.4 is 0 Å². The second kappa shape index (κ2) is 6.14. The van der Waals surface area contributed by atoms with Gasteiger partial charge in [-0.2, -0.15) is 0 Å². The van der Waals surface area contributed by atoms with Gasteiger partial charge in [0.25, 0.3) is 5.91 Å². The number of methoxy groups -OCH3 is 1. The number of rotatable bonds is 6. The Morgan fingerprint density at radius 3 is 2.62 bits per heavy atom. The van der Waals surface area contributed by atoms with Gasteiger partial charge in [0, 0.05) is 18.7 Å². The maximum Gasteiger partial charge on any atom is 0.254 e. The third-order valence-corrected chi connectivity index (χ3v) is 3.67. The number of hydrogen-bond acceptors (Lipinski definition) is 3. The number of carbonyl (C=O) groups is 1. The molecule has 4 heteroatoms. The number of carbonyl (C=O) groups excluding carboxylic acids is 1. The molecule has 0 spiro atoms. The maximum absolute atomic E-state index is 12.7. The Hall–Kier alpha value is -2.07. The van der Waals surface area contributed by atoms with E-state index in [-0.39, 0.29) is 5.91 Å². The second-order valence-corrected chi connectivity index (χ2v) is 5.37. The molecule has 1 heterocycles. The maximum atomic E-state index is 12.7. The first-order valence-electron chi connectivity index (χ1n) is 7.19. The molecule has 1 aromatic carbocycles. The number of amides is 1. The summed E-state index contributed by atoms with van der Waals surface area (Å²) in [6.07, 6.45) is 3.80. The van der Waals surface area contributed by atoms with E-state index in [0.717, 1.165) is 24.2 Å². The largest absolute Gasteiger partial charge is 0.467 e. The van der Waals surface area contributed by atoms with Gasteiger partial charge in [-0.1, -0.05) is 12.1 Å². The van der Waals surface area contributed by atoms with Crippen molar-refractivity contribution in [2.24, 2.45) is 0 Å². The summed E-state index contributed by atoms with van der Waals surface area (Å²) < 4.78 is 10.5. The third-order valence-electron chi connectivity index (χ3n) is 3.67. The van der Waals surface area contributed by atoms with Gasteiger partial charge in [0.1, 0.15) is 5.76 Å². The van der Waals surface area contributed by atoms with Crippen molar-refractivity contribution in [1.29, 1.82) is 0 Å². The van der Waals surface area contributed by atoms with Crippen molar-refractivity contribution in [3.63, 3.8) is 0 Å². The minimum Gasteiger partial charge on any atom is -0.467 e. The molecule has 0 bridgehead atoms. The average molecular weight is 285 g/mol. The minimum absolute atomic E-state index is 0.0675. The first-order valence-corrected chi connectivity index (χ1v) is 7.19. The van der Waals surface area contributed by atoms with Gasteiger partial charge in [-0.05, 0) is 42.7 Å². The van der Waals surface area contributed by atoms with Crippen molar-refractivity contribution in [2.75, 3.05) is 7.11 Å². The summed E-state index contributed by atoms with van der Waals surface area (Å²) >= 11 is 0. The monoisotopic (exact) mass is 285 g/mol. The number of benzene rings is 1. The van der Waals surface area contributed by atoms with Crippen LogP contribution >= 0.6 is 0 Å². The molecule has 2 aromatic rings. The van der Waals surface area contributed by atoms with Crippen LogP contribution in [-0.4, -0.2) is 24.0 Å². The van der Waals surface area contributed by atoms with Gasteiger partial charge in [-0.15, -0.1) is 0 Å². The van der Waals surface area contributed by atoms with E-state index < -0.39 is 0 Å². The standard InChI is InChI=1S/C17H19NO3/c1-20-12-13-4-6-14(7-5-13)17(19)18(15-8-9-15)11-16-3-2-10-21-16/h2-7,10,15H,8-9,11-12H2,1H3. The van der Waals surface area contributed by atoms with Crippen LogP contribution in [-0.2, 0) is 17.9 Å². The Bertz CT molecular complexity index is 585. The van der Waals surface area contributed by atoms with Crippen LogP contribution in [0.15, 0.2) is 47.1 Å². The highest BCUT2D eigenvalue weighted by molar-refractivity contribution is 5.94. The molecular formula is C17H19NO3. The molecule has 1 saturated carbocycles. The van der Waals surface area contributed by atoms with Gasteiger partial charge >= 0.3 is 0 Å². The van der Waals surface area contributed by atoms with Gasteiger partial charge in [-0.3, -0.25) is 4.79 Å². The lowest BCUT2D eigenvalue weighted by molar-refractivity contribution is 0.0717. The second-order valence-electron chi connectivity index (χ2n) is 5.37. The van der Waals surface area contributed by atoms with E-state index in [1.54, 1.807) is 13.4 Å². The molecule has 4 nitrogen and oxygen atoms in total. The van der Waals surface area contributed by atoms with Gasteiger partial charge in [0.2, 0.25) is 0 Å². The van der Waals surface area contributed by atoms with E-state index in [0.29, 0.717) is 24.8 Å². The number of nitrogens with zero attached hydrogens (tertiary/aromatic N) is 1. The van der Waals surface area contributed by atoms with Gasteiger partial charge < -0.3 is 14.1 Å². The normalized spacial score (nSPS) is 14.1. The molecule has 0 atom stereocenters. The van der Waals surface area contributed by atoms with Crippen LogP contribution in [0.5, 0.6) is 0 Å². The predicted molar refractivity (Wildman–Crippen MR) is 78.8 cm³/mol. The fourth-order valence-electron chi connectivity index (χ4n) is 2.40. The lowest BCUT2D eigenvalue weighted by Gasteiger charge is -2.21. The van der Waals surface area contributed by atoms with E-state index in [9.17, 15) is 4.79 Å². The average Bonchev–Trinajstić information content (AvgIpc) is 3.22. The summed E-state index contributed by atoms with van der Waals surface area (Å²) in [5, 5.41) is 0. The van der Waals surface area contributed by atoms with Crippen molar-refractivity contribution in [1.82, 2.24) is 4.90 Å². The van der Waals surface area contributed by atoms with Gasteiger partial charge in [0.05, 0.1) is 19.4 Å². The molecule has 0 N–H and O–H groups in total. The molecule has 0 radical (unpaired) electrons. The number of hydrogen-bond donors (Lipinski definition) is 0. The van der Waals surface area contributed by atoms with Crippen molar-refractivity contribution in [3.8, 4) is 0 Å². The highest BCUT2D eigenvalue weighted by Gasteiger charge is 2.33. The summed E-state index contributed by atoms with van der Waals surface area (Å²) in [6.45, 7) is 1.10. The molecule has 1 aliphatic carbocycles. The zero-order valence-corrected chi connectivity index (χ0v) is 12.1. The highest BCUT2D eigenvalue weighted by Crippen LogP contribution is 2.30. The molecular weight excluding hydrogens is 266 g/mol. The summed E-state index contributed by atoms with van der Waals surface area (Å²) in [4.78, 5) is 14.6. The van der Waals surface area contributed by atoms with E-state index in [2.05, 4.69) is 0 Å². The summed E-state index contributed by atoms with van der Waals surface area (Å²) in [5.74, 6) is 0.893. The molecule has 1 aliphatic rings. The fourth-order valence-corrected chi connectivity index (χ4v) is 2.40. The van der Waals surface area contributed by atoms with Crippen LogP contribution in [0.4, 0.5) is 0 Å². The Labute approximate surface area is 124 Å². The first kappa shape index (κ1) is 13.9. The van der Waals surface area contributed by atoms with Gasteiger partial charge in [-0.25, -0.2) is 0 Å². The number of furan rings is 1. The zero-order chi connectivity index (χ0) is 14.7. The number of ether oxygens (including phenoxy) is 1. The van der Waals surface area contributed by atoms with E-state index in [1.165, 1.54) is 0 Å². The summed E-state index contributed by atoms with van der Waals surface area (Å²) in [7, 11) is 1.66. The fraction of sp³-hybridized carbons (Fsp3) is 0.353. The quantitative estimate of drug-likeness (QED) is 0.818. The van der Waals surface area contributed by atoms with Crippen LogP contribution in [0.3, 0.4) is 0 Å². The third kappa shape index (κ3) is 3.34. The lowest BCUT2D eigenvalue weighted by atomic mass is 10.1. The topological polar surface area (TPSA) is 42.7 Å². The van der Waals surface area contributed by atoms with Crippen molar-refractivity contribution in [2.45, 2.75) is 32.0 Å². The molecule has 0 unspecified atom stereocenters. The molecule has 21 heavy (non-hydrogen) atoms. The Balaban J connectivity index is 1.74. The van der Waals surface area contributed by atoms with E-state index >= 15 is 0 Å². The van der Waals surface area contributed by atoms with E-state index in [4.69, 9.17) is 9.15 Å². The molecule has 1 amide bonds. The minimum atomic E-state index is 0.0675. The highest BCUT2D eigenvalue weighted by atomic mass is 16.5.